The molecule has 1 N–H and O–H groups in total. The second-order valence-electron chi connectivity index (χ2n) is 5.67. The quantitative estimate of drug-likeness (QED) is 0.523. The minimum atomic E-state index is -0.347. The second-order valence-corrected chi connectivity index (χ2v) is 6.51. The summed E-state index contributed by atoms with van der Waals surface area (Å²) < 4.78 is 0. The highest BCUT2D eigenvalue weighted by molar-refractivity contribution is 7.98. The van der Waals surface area contributed by atoms with Gasteiger partial charge >= 0.3 is 0 Å². The second kappa shape index (κ2) is 6.58. The number of anilines is 1. The van der Waals surface area contributed by atoms with Gasteiger partial charge in [0, 0.05) is 4.90 Å². The minimum Gasteiger partial charge on any atom is -0.324 e. The zero-order valence-electron chi connectivity index (χ0n) is 12.8. The Bertz CT molecular complexity index is 660. The van der Waals surface area contributed by atoms with Crippen molar-refractivity contribution in [1.29, 1.82) is 0 Å². The molecule has 1 aromatic carbocycles. The van der Waals surface area contributed by atoms with Crippen molar-refractivity contribution in [3.63, 3.8) is 0 Å². The van der Waals surface area contributed by atoms with Crippen LogP contribution in [0.3, 0.4) is 0 Å². The van der Waals surface area contributed by atoms with Crippen molar-refractivity contribution < 1.29 is 14.4 Å². The maximum Gasteiger partial charge on any atom is 0.244 e. The highest BCUT2D eigenvalue weighted by Crippen LogP contribution is 2.35. The Kier molecular flexibility index (Phi) is 4.52. The van der Waals surface area contributed by atoms with Gasteiger partial charge in [0.05, 0.1) is 17.5 Å². The number of hydrogen-bond donors (Lipinski definition) is 1. The van der Waals surface area contributed by atoms with Gasteiger partial charge < -0.3 is 5.32 Å². The Hall–Kier alpha value is -2.08. The van der Waals surface area contributed by atoms with Crippen LogP contribution >= 0.6 is 11.8 Å². The number of imide groups is 1. The summed E-state index contributed by atoms with van der Waals surface area (Å²) in [5, 5.41) is 2.79. The van der Waals surface area contributed by atoms with Crippen LogP contribution in [-0.4, -0.2) is 35.4 Å². The summed E-state index contributed by atoms with van der Waals surface area (Å²) in [6.45, 7) is -0.215. The molecule has 0 unspecified atom stereocenters. The van der Waals surface area contributed by atoms with Crippen LogP contribution in [0.2, 0.25) is 0 Å². The van der Waals surface area contributed by atoms with E-state index in [0.29, 0.717) is 18.5 Å². The maximum absolute atomic E-state index is 12.3. The molecule has 23 heavy (non-hydrogen) atoms. The van der Waals surface area contributed by atoms with Crippen molar-refractivity contribution in [3.05, 3.63) is 36.4 Å². The monoisotopic (exact) mass is 330 g/mol. The van der Waals surface area contributed by atoms with E-state index in [4.69, 9.17) is 0 Å². The third kappa shape index (κ3) is 3.03. The lowest BCUT2D eigenvalue weighted by Gasteiger charge is -2.15. The number of benzene rings is 1. The number of likely N-dealkylation sites (tertiary alicyclic amines) is 1. The van der Waals surface area contributed by atoms with Gasteiger partial charge in [-0.1, -0.05) is 24.3 Å². The first-order valence-electron chi connectivity index (χ1n) is 7.55. The van der Waals surface area contributed by atoms with E-state index in [-0.39, 0.29) is 36.1 Å². The van der Waals surface area contributed by atoms with E-state index in [9.17, 15) is 14.4 Å². The number of carbonyl (C=O) groups is 3. The van der Waals surface area contributed by atoms with Gasteiger partial charge in [0.25, 0.3) is 0 Å². The molecule has 3 rings (SSSR count). The zero-order chi connectivity index (χ0) is 16.4. The molecular weight excluding hydrogens is 312 g/mol. The largest absolute Gasteiger partial charge is 0.324 e. The lowest BCUT2D eigenvalue weighted by atomic mass is 9.85. The number of fused-ring (bicyclic) bond motifs is 1. The van der Waals surface area contributed by atoms with E-state index >= 15 is 0 Å². The predicted molar refractivity (Wildman–Crippen MR) is 88.9 cm³/mol. The summed E-state index contributed by atoms with van der Waals surface area (Å²) in [5.74, 6) is -1.38. The first-order chi connectivity index (χ1) is 11.1. The van der Waals surface area contributed by atoms with Gasteiger partial charge in [-0.25, -0.2) is 0 Å². The summed E-state index contributed by atoms with van der Waals surface area (Å²) in [5.41, 5.74) is 0.697. The van der Waals surface area contributed by atoms with E-state index in [0.717, 1.165) is 9.80 Å². The molecule has 3 amide bonds. The van der Waals surface area contributed by atoms with Gasteiger partial charge in [0.1, 0.15) is 6.54 Å². The van der Waals surface area contributed by atoms with E-state index in [1.54, 1.807) is 6.07 Å². The van der Waals surface area contributed by atoms with Gasteiger partial charge in [-0.15, -0.1) is 11.8 Å². The van der Waals surface area contributed by atoms with Crippen molar-refractivity contribution in [3.8, 4) is 0 Å². The molecule has 0 bridgehead atoms. The number of allylic oxidation sites excluding steroid dienone is 2. The van der Waals surface area contributed by atoms with Gasteiger partial charge in [0.15, 0.2) is 0 Å². The fourth-order valence-corrected chi connectivity index (χ4v) is 3.66. The molecule has 5 nitrogen and oxygen atoms in total. The summed E-state index contributed by atoms with van der Waals surface area (Å²) in [4.78, 5) is 39.0. The topological polar surface area (TPSA) is 66.5 Å². The maximum atomic E-state index is 12.3. The van der Waals surface area contributed by atoms with Gasteiger partial charge in [0.2, 0.25) is 17.7 Å². The highest BCUT2D eigenvalue weighted by atomic mass is 32.2. The van der Waals surface area contributed by atoms with Gasteiger partial charge in [-0.3, -0.25) is 19.3 Å². The Morgan fingerprint density at radius 3 is 2.39 bits per heavy atom. The molecule has 0 saturated carbocycles. The van der Waals surface area contributed by atoms with Crippen LogP contribution in [-0.2, 0) is 14.4 Å². The number of thioether (sulfide) groups is 1. The van der Waals surface area contributed by atoms with Gasteiger partial charge in [-0.05, 0) is 31.2 Å². The van der Waals surface area contributed by atoms with Crippen LogP contribution in [0.1, 0.15) is 12.8 Å². The Balaban J connectivity index is 1.68. The lowest BCUT2D eigenvalue weighted by Crippen LogP contribution is -2.38. The van der Waals surface area contributed by atoms with E-state index in [1.165, 1.54) is 11.8 Å². The number of nitrogens with one attached hydrogen (secondary N) is 1. The van der Waals surface area contributed by atoms with Crippen LogP contribution in [0.4, 0.5) is 5.69 Å². The lowest BCUT2D eigenvalue weighted by molar-refractivity contribution is -0.142. The fraction of sp³-hybridized carbons (Fsp3) is 0.353. The Morgan fingerprint density at radius 1 is 1.17 bits per heavy atom. The molecule has 120 valence electrons. The van der Waals surface area contributed by atoms with E-state index in [2.05, 4.69) is 5.32 Å². The molecule has 1 aromatic rings. The SMILES string of the molecule is CSc1ccccc1NC(=O)CN1C(=O)[C@H]2CC=CC[C@@H]2C1=O. The molecule has 1 heterocycles. The normalized spacial score (nSPS) is 23.1. The molecular formula is C17H18N2O3S. The number of hydrogen-bond acceptors (Lipinski definition) is 4. The standard InChI is InChI=1S/C17H18N2O3S/c1-23-14-9-5-4-8-13(14)18-15(20)10-19-16(21)11-6-2-3-7-12(11)17(19)22/h2-5,8-9,11-12H,6-7,10H2,1H3,(H,18,20)/t11-,12-/m0/s1. The molecule has 2 atom stereocenters. The van der Waals surface area contributed by atoms with Crippen molar-refractivity contribution in [2.75, 3.05) is 18.1 Å². The molecule has 1 aliphatic carbocycles. The van der Waals surface area contributed by atoms with Crippen LogP contribution in [0.25, 0.3) is 0 Å². The van der Waals surface area contributed by atoms with E-state index in [1.807, 2.05) is 36.6 Å². The molecule has 1 saturated heterocycles. The number of carbonyl (C=O) groups excluding carboxylic acids is 3. The van der Waals surface area contributed by atoms with Crippen molar-refractivity contribution in [2.24, 2.45) is 11.8 Å². The average molecular weight is 330 g/mol. The van der Waals surface area contributed by atoms with Crippen LogP contribution in [0, 0.1) is 11.8 Å². The molecule has 1 aliphatic heterocycles. The van der Waals surface area contributed by atoms with Crippen molar-refractivity contribution in [1.82, 2.24) is 4.90 Å². The molecule has 6 heteroatoms. The third-order valence-electron chi connectivity index (χ3n) is 4.28. The number of rotatable bonds is 4. The number of para-hydroxylation sites is 1. The fourth-order valence-electron chi connectivity index (χ4n) is 3.11. The first-order valence-corrected chi connectivity index (χ1v) is 8.77. The Labute approximate surface area is 139 Å². The third-order valence-corrected chi connectivity index (χ3v) is 5.08. The van der Waals surface area contributed by atoms with Crippen LogP contribution in [0.15, 0.2) is 41.3 Å². The summed E-state index contributed by atoms with van der Waals surface area (Å²) >= 11 is 1.53. The molecule has 0 aromatic heterocycles. The molecule has 0 radical (unpaired) electrons. The van der Waals surface area contributed by atoms with Crippen molar-refractivity contribution >= 4 is 35.2 Å². The first kappa shape index (κ1) is 15.8. The summed E-state index contributed by atoms with van der Waals surface area (Å²) in [6, 6.07) is 7.45. The zero-order valence-corrected chi connectivity index (χ0v) is 13.6. The minimum absolute atomic E-state index is 0.215. The van der Waals surface area contributed by atoms with Crippen LogP contribution in [0.5, 0.6) is 0 Å². The smallest absolute Gasteiger partial charge is 0.244 e. The summed E-state index contributed by atoms with van der Waals surface area (Å²) in [6.07, 6.45) is 6.97. The average Bonchev–Trinajstić information content (AvgIpc) is 2.81. The Morgan fingerprint density at radius 2 is 1.78 bits per heavy atom. The molecule has 1 fully saturated rings. The van der Waals surface area contributed by atoms with Crippen molar-refractivity contribution in [2.45, 2.75) is 17.7 Å². The predicted octanol–water partition coefficient (Wildman–Crippen LogP) is 2.30. The highest BCUT2D eigenvalue weighted by Gasteiger charge is 2.47. The number of nitrogens with zero attached hydrogens (tertiary/aromatic N) is 1. The van der Waals surface area contributed by atoms with Crippen LogP contribution < -0.4 is 5.32 Å². The number of amides is 3. The van der Waals surface area contributed by atoms with Gasteiger partial charge in [-0.2, -0.15) is 0 Å². The molecule has 0 spiro atoms. The molecule has 2 aliphatic rings. The van der Waals surface area contributed by atoms with E-state index < -0.39 is 0 Å². The summed E-state index contributed by atoms with van der Waals surface area (Å²) in [7, 11) is 0.